The molecule has 0 unspecified atom stereocenters. The molecule has 0 atom stereocenters. The monoisotopic (exact) mass is 305 g/mol. The van der Waals surface area contributed by atoms with E-state index in [-0.39, 0.29) is 6.61 Å². The van der Waals surface area contributed by atoms with Gasteiger partial charge in [-0.1, -0.05) is 18.2 Å². The third kappa shape index (κ3) is 2.62. The highest BCUT2D eigenvalue weighted by atomic mass is 16.5. The van der Waals surface area contributed by atoms with Crippen molar-refractivity contribution < 1.29 is 9.53 Å². The van der Waals surface area contributed by atoms with Crippen LogP contribution in [0.2, 0.25) is 0 Å². The largest absolute Gasteiger partial charge is 0.457 e. The first-order valence-corrected chi connectivity index (χ1v) is 7.12. The number of hydrogen-bond donors (Lipinski definition) is 1. The van der Waals surface area contributed by atoms with Gasteiger partial charge in [0.05, 0.1) is 16.6 Å². The van der Waals surface area contributed by atoms with Crippen molar-refractivity contribution in [3.63, 3.8) is 0 Å². The average Bonchev–Trinajstić information content (AvgIpc) is 2.92. The van der Waals surface area contributed by atoms with Gasteiger partial charge in [-0.05, 0) is 30.7 Å². The van der Waals surface area contributed by atoms with Crippen LogP contribution in [-0.4, -0.2) is 10.4 Å². The number of aryl methyl sites for hydroxylation is 1. The van der Waals surface area contributed by atoms with E-state index >= 15 is 0 Å². The zero-order valence-electron chi connectivity index (χ0n) is 12.6. The summed E-state index contributed by atoms with van der Waals surface area (Å²) in [7, 11) is 0. The number of ether oxygens (including phenoxy) is 1. The van der Waals surface area contributed by atoms with E-state index in [0.717, 1.165) is 11.1 Å². The molecule has 2 N–H and O–H groups in total. The number of nitrogens with zero attached hydrogens (tertiary/aromatic N) is 2. The van der Waals surface area contributed by atoms with E-state index in [9.17, 15) is 10.1 Å². The number of carbonyl (C=O) groups is 1. The van der Waals surface area contributed by atoms with E-state index in [0.29, 0.717) is 22.4 Å². The minimum absolute atomic E-state index is 0.0246. The van der Waals surface area contributed by atoms with E-state index in [2.05, 4.69) is 6.07 Å². The number of carbonyl (C=O) groups excluding carboxylic acids is 1. The Morgan fingerprint density at radius 3 is 2.91 bits per heavy atom. The van der Waals surface area contributed by atoms with Crippen molar-refractivity contribution in [2.75, 3.05) is 5.73 Å². The Labute approximate surface area is 133 Å². The van der Waals surface area contributed by atoms with Crippen molar-refractivity contribution >= 4 is 17.2 Å². The van der Waals surface area contributed by atoms with Crippen molar-refractivity contribution in [1.82, 2.24) is 4.40 Å². The van der Waals surface area contributed by atoms with Gasteiger partial charge in [-0.25, -0.2) is 4.79 Å². The Morgan fingerprint density at radius 2 is 2.13 bits per heavy atom. The molecule has 0 amide bonds. The molecule has 1 aromatic carbocycles. The Morgan fingerprint density at radius 1 is 1.30 bits per heavy atom. The maximum Gasteiger partial charge on any atom is 0.340 e. The molecule has 5 nitrogen and oxygen atoms in total. The molecule has 0 saturated carbocycles. The fourth-order valence-electron chi connectivity index (χ4n) is 2.50. The number of nitriles is 1. The number of benzene rings is 1. The van der Waals surface area contributed by atoms with Gasteiger partial charge in [0.25, 0.3) is 0 Å². The van der Waals surface area contributed by atoms with Crippen molar-refractivity contribution in [1.29, 1.82) is 5.26 Å². The van der Waals surface area contributed by atoms with Crippen LogP contribution in [0.15, 0.2) is 48.8 Å². The second-order valence-corrected chi connectivity index (χ2v) is 5.25. The lowest BCUT2D eigenvalue weighted by Crippen LogP contribution is -2.09. The second-order valence-electron chi connectivity index (χ2n) is 5.25. The second kappa shape index (κ2) is 5.85. The zero-order chi connectivity index (χ0) is 16.4. The van der Waals surface area contributed by atoms with Gasteiger partial charge in [0.2, 0.25) is 0 Å². The summed E-state index contributed by atoms with van der Waals surface area (Å²) in [6.07, 6.45) is 3.64. The first kappa shape index (κ1) is 14.7. The minimum atomic E-state index is -0.495. The third-order valence-electron chi connectivity index (χ3n) is 3.78. The SMILES string of the molecule is Cc1cccc(C(=O)OCc2cn3ccccc3c2C#N)c1N. The number of fused-ring (bicyclic) bond motifs is 1. The number of hydrogen-bond acceptors (Lipinski definition) is 4. The number of rotatable bonds is 3. The molecule has 3 rings (SSSR count). The van der Waals surface area contributed by atoms with Gasteiger partial charge < -0.3 is 14.9 Å². The maximum absolute atomic E-state index is 12.2. The van der Waals surface area contributed by atoms with E-state index in [1.807, 2.05) is 41.8 Å². The number of para-hydroxylation sites is 1. The van der Waals surface area contributed by atoms with Crippen LogP contribution in [0.3, 0.4) is 0 Å². The molecule has 0 bridgehead atoms. The van der Waals surface area contributed by atoms with Gasteiger partial charge in [0.1, 0.15) is 12.7 Å². The molecule has 0 aliphatic rings. The fraction of sp³-hybridized carbons (Fsp3) is 0.111. The molecule has 2 aromatic heterocycles. The standard InChI is InChI=1S/C18H15N3O2/c1-12-5-4-6-14(17(12)20)18(22)23-11-13-10-21-8-3-2-7-16(21)15(13)9-19/h2-8,10H,11,20H2,1H3. The molecule has 23 heavy (non-hydrogen) atoms. The number of nitrogens with two attached hydrogens (primary N) is 1. The summed E-state index contributed by atoms with van der Waals surface area (Å²) in [5, 5.41) is 9.34. The summed E-state index contributed by atoms with van der Waals surface area (Å²) in [4.78, 5) is 12.2. The molecule has 5 heteroatoms. The molecule has 2 heterocycles. The lowest BCUT2D eigenvalue weighted by Gasteiger charge is -2.08. The maximum atomic E-state index is 12.2. The molecule has 0 radical (unpaired) electrons. The quantitative estimate of drug-likeness (QED) is 0.595. The van der Waals surface area contributed by atoms with Gasteiger partial charge in [-0.2, -0.15) is 5.26 Å². The number of pyridine rings is 1. The smallest absolute Gasteiger partial charge is 0.340 e. The number of aromatic nitrogens is 1. The molecule has 0 saturated heterocycles. The normalized spacial score (nSPS) is 10.4. The molecule has 114 valence electrons. The number of nitrogen functional groups attached to an aromatic ring is 1. The molecule has 0 fully saturated rings. The number of esters is 1. The van der Waals surface area contributed by atoms with E-state index in [4.69, 9.17) is 10.5 Å². The average molecular weight is 305 g/mol. The van der Waals surface area contributed by atoms with Gasteiger partial charge in [0.15, 0.2) is 0 Å². The summed E-state index contributed by atoms with van der Waals surface area (Å²) in [5.41, 5.74) is 9.46. The van der Waals surface area contributed by atoms with Crippen LogP contribution in [0.5, 0.6) is 0 Å². The summed E-state index contributed by atoms with van der Waals surface area (Å²) in [5.74, 6) is -0.495. The van der Waals surface area contributed by atoms with Crippen LogP contribution in [0.4, 0.5) is 5.69 Å². The molecular formula is C18H15N3O2. The predicted octanol–water partition coefficient (Wildman–Crippen LogP) is 3.06. The molecular weight excluding hydrogens is 290 g/mol. The van der Waals surface area contributed by atoms with Crippen LogP contribution in [0.1, 0.15) is 27.0 Å². The highest BCUT2D eigenvalue weighted by molar-refractivity contribution is 5.95. The zero-order valence-corrected chi connectivity index (χ0v) is 12.6. The van der Waals surface area contributed by atoms with Gasteiger partial charge in [-0.15, -0.1) is 0 Å². The lowest BCUT2D eigenvalue weighted by molar-refractivity contribution is 0.0474. The van der Waals surface area contributed by atoms with Crippen LogP contribution in [0, 0.1) is 18.3 Å². The summed E-state index contributed by atoms with van der Waals surface area (Å²) >= 11 is 0. The molecule has 0 spiro atoms. The summed E-state index contributed by atoms with van der Waals surface area (Å²) in [6, 6.07) is 13.0. The van der Waals surface area contributed by atoms with E-state index in [1.54, 1.807) is 18.3 Å². The van der Waals surface area contributed by atoms with Crippen molar-refractivity contribution in [3.8, 4) is 6.07 Å². The summed E-state index contributed by atoms with van der Waals surface area (Å²) < 4.78 is 7.17. The summed E-state index contributed by atoms with van der Waals surface area (Å²) in [6.45, 7) is 1.86. The van der Waals surface area contributed by atoms with E-state index in [1.165, 1.54) is 0 Å². The third-order valence-corrected chi connectivity index (χ3v) is 3.78. The molecule has 0 aliphatic carbocycles. The van der Waals surface area contributed by atoms with Gasteiger partial charge in [0, 0.05) is 23.6 Å². The van der Waals surface area contributed by atoms with Crippen molar-refractivity contribution in [2.24, 2.45) is 0 Å². The fourth-order valence-corrected chi connectivity index (χ4v) is 2.50. The Balaban J connectivity index is 1.85. The predicted molar refractivity (Wildman–Crippen MR) is 86.8 cm³/mol. The minimum Gasteiger partial charge on any atom is -0.457 e. The lowest BCUT2D eigenvalue weighted by atomic mass is 10.1. The van der Waals surface area contributed by atoms with Crippen LogP contribution < -0.4 is 5.73 Å². The molecule has 0 aliphatic heterocycles. The highest BCUT2D eigenvalue weighted by Crippen LogP contribution is 2.21. The van der Waals surface area contributed by atoms with Gasteiger partial charge >= 0.3 is 5.97 Å². The van der Waals surface area contributed by atoms with Gasteiger partial charge in [-0.3, -0.25) is 0 Å². The highest BCUT2D eigenvalue weighted by Gasteiger charge is 2.15. The Hall–Kier alpha value is -3.26. The Bertz CT molecular complexity index is 935. The van der Waals surface area contributed by atoms with E-state index < -0.39 is 5.97 Å². The first-order valence-electron chi connectivity index (χ1n) is 7.12. The molecule has 3 aromatic rings. The van der Waals surface area contributed by atoms with Crippen molar-refractivity contribution in [3.05, 3.63) is 71.0 Å². The van der Waals surface area contributed by atoms with Crippen molar-refractivity contribution in [2.45, 2.75) is 13.5 Å². The first-order chi connectivity index (χ1) is 11.1. The Kier molecular flexibility index (Phi) is 3.73. The van der Waals surface area contributed by atoms with Crippen LogP contribution in [0.25, 0.3) is 5.52 Å². The van der Waals surface area contributed by atoms with Crippen LogP contribution >= 0.6 is 0 Å². The van der Waals surface area contributed by atoms with Crippen LogP contribution in [-0.2, 0) is 11.3 Å². The topological polar surface area (TPSA) is 80.5 Å². The number of anilines is 1.